The summed E-state index contributed by atoms with van der Waals surface area (Å²) in [5.74, 6) is 2.56. The van der Waals surface area contributed by atoms with Gasteiger partial charge in [-0.3, -0.25) is 9.48 Å². The molecule has 1 unspecified atom stereocenters. The number of amides is 1. The van der Waals surface area contributed by atoms with Crippen molar-refractivity contribution in [2.24, 2.45) is 14.1 Å². The predicted molar refractivity (Wildman–Crippen MR) is 196 cm³/mol. The number of hydrogen-bond donors (Lipinski definition) is 0. The second-order valence-corrected chi connectivity index (χ2v) is 14.2. The number of aryl methyl sites for hydroxylation is 3. The molecule has 0 bridgehead atoms. The van der Waals surface area contributed by atoms with E-state index in [2.05, 4.69) is 50.4 Å². The van der Waals surface area contributed by atoms with Crippen LogP contribution in [-0.2, 0) is 23.4 Å². The van der Waals surface area contributed by atoms with Gasteiger partial charge in [-0.25, -0.2) is 9.13 Å². The van der Waals surface area contributed by atoms with Gasteiger partial charge in [0.1, 0.15) is 5.69 Å². The zero-order valence-corrected chi connectivity index (χ0v) is 32.0. The van der Waals surface area contributed by atoms with E-state index in [-0.39, 0.29) is 5.91 Å². The van der Waals surface area contributed by atoms with Crippen molar-refractivity contribution in [3.05, 3.63) is 53.0 Å². The lowest BCUT2D eigenvalue weighted by molar-refractivity contribution is 0.00578. The number of carbonyl (C=O) groups is 1. The summed E-state index contributed by atoms with van der Waals surface area (Å²) < 4.78 is 24.0. The lowest BCUT2D eigenvalue weighted by Gasteiger charge is -2.32. The van der Waals surface area contributed by atoms with E-state index in [4.69, 9.17) is 19.1 Å². The molecule has 14 heteroatoms. The van der Waals surface area contributed by atoms with Gasteiger partial charge in [-0.1, -0.05) is 25.9 Å². The zero-order chi connectivity index (χ0) is 34.0. The van der Waals surface area contributed by atoms with E-state index < -0.39 is 18.3 Å². The van der Waals surface area contributed by atoms with Crippen LogP contribution in [0.15, 0.2) is 30.4 Å². The summed E-state index contributed by atoms with van der Waals surface area (Å²) in [6.45, 7) is 17.0. The molecule has 1 amide bonds. The average Bonchev–Trinajstić information content (AvgIpc) is 3.70. The molecule has 0 radical (unpaired) electrons. The minimum atomic E-state index is -0.449. The van der Waals surface area contributed by atoms with E-state index in [9.17, 15) is 4.79 Å². The highest BCUT2D eigenvalue weighted by atomic mass is 127. The topological polar surface area (TPSA) is 101 Å². The van der Waals surface area contributed by atoms with Gasteiger partial charge in [-0.15, -0.1) is 0 Å². The van der Waals surface area contributed by atoms with Crippen LogP contribution in [0, 0.1) is 13.8 Å². The van der Waals surface area contributed by atoms with Crippen molar-refractivity contribution in [3.8, 4) is 17.0 Å². The van der Waals surface area contributed by atoms with Crippen molar-refractivity contribution in [3.63, 3.8) is 0 Å². The highest BCUT2D eigenvalue weighted by molar-refractivity contribution is 14.2. The van der Waals surface area contributed by atoms with Gasteiger partial charge in [0.25, 0.3) is 5.91 Å². The monoisotopic (exact) mass is 761 g/mol. The second-order valence-electron chi connectivity index (χ2n) is 12.2. The molecule has 0 aliphatic carbocycles. The second kappa shape index (κ2) is 14.6. The van der Waals surface area contributed by atoms with Crippen LogP contribution in [-0.4, -0.2) is 78.4 Å². The van der Waals surface area contributed by atoms with Crippen molar-refractivity contribution in [1.29, 1.82) is 0 Å². The van der Waals surface area contributed by atoms with Gasteiger partial charge < -0.3 is 18.9 Å². The Labute approximate surface area is 287 Å². The molecule has 0 N–H and O–H groups in total. The fraction of sp³-hybridized carbons (Fsp3) is 0.500. The molecular weight excluding hydrogens is 715 g/mol. The molecule has 1 aliphatic heterocycles. The number of halogens is 1. The summed E-state index contributed by atoms with van der Waals surface area (Å²) in [5.41, 5.74) is 5.36. The molecular formula is C32H46BIN7O4P. The molecule has 0 spiro atoms. The highest BCUT2D eigenvalue weighted by Crippen LogP contribution is 2.38. The van der Waals surface area contributed by atoms with E-state index in [0.717, 1.165) is 39.0 Å². The van der Waals surface area contributed by atoms with Crippen molar-refractivity contribution in [2.45, 2.75) is 73.0 Å². The fourth-order valence-corrected chi connectivity index (χ4v) is 6.78. The number of aromatic nitrogens is 6. The number of fused-ring (bicyclic) bond motifs is 1. The molecule has 4 heterocycles. The van der Waals surface area contributed by atoms with Crippen LogP contribution < -0.4 is 4.74 Å². The summed E-state index contributed by atoms with van der Waals surface area (Å²) in [6.07, 6.45) is 4.92. The van der Waals surface area contributed by atoms with E-state index in [1.807, 2.05) is 92.2 Å². The van der Waals surface area contributed by atoms with Gasteiger partial charge in [0.2, 0.25) is 5.88 Å². The number of nitrogens with zero attached hydrogens (tertiary/aromatic N) is 7. The van der Waals surface area contributed by atoms with Gasteiger partial charge >= 0.3 is 7.12 Å². The zero-order valence-electron chi connectivity index (χ0n) is 28.8. The van der Waals surface area contributed by atoms with Crippen LogP contribution in [0.3, 0.4) is 0 Å². The summed E-state index contributed by atoms with van der Waals surface area (Å²) in [7, 11) is 5.03. The molecule has 1 fully saturated rings. The van der Waals surface area contributed by atoms with Crippen LogP contribution in [0.4, 0.5) is 0 Å². The van der Waals surface area contributed by atoms with Crippen LogP contribution in [0.5, 0.6) is 5.88 Å². The quantitative estimate of drug-likeness (QED) is 0.0760. The van der Waals surface area contributed by atoms with Crippen molar-refractivity contribution in [2.75, 3.05) is 20.2 Å². The maximum Gasteiger partial charge on any atom is 0.487 e. The van der Waals surface area contributed by atoms with Crippen molar-refractivity contribution in [1.82, 2.24) is 34.0 Å². The Morgan fingerprint density at radius 2 is 1.78 bits per heavy atom. The number of carbonyl (C=O) groups excluding carboxylic acids is 1. The Kier molecular flexibility index (Phi) is 11.4. The third kappa shape index (κ3) is 7.22. The lowest BCUT2D eigenvalue weighted by atomic mass is 9.89. The summed E-state index contributed by atoms with van der Waals surface area (Å²) in [6, 6.07) is 6.30. The molecule has 4 aromatic rings. The minimum Gasteiger partial charge on any atom is -0.477 e. The summed E-state index contributed by atoms with van der Waals surface area (Å²) in [4.78, 5) is 14.8. The van der Waals surface area contributed by atoms with Gasteiger partial charge in [0, 0.05) is 38.6 Å². The first-order valence-electron chi connectivity index (χ1n) is 15.6. The Balaban J connectivity index is 0.00000235. The molecule has 1 aliphatic rings. The Bertz CT molecular complexity index is 1710. The van der Waals surface area contributed by atoms with Gasteiger partial charge in [-0.2, -0.15) is 15.3 Å². The maximum absolute atomic E-state index is 13.0. The third-order valence-electron chi connectivity index (χ3n) is 8.61. The minimum absolute atomic E-state index is 0.0453. The Hall–Kier alpha value is -2.74. The SMILES string of the molecule is CC.Cc1nn(C)c(C(=O)N(C)CCCOc2c(-c3ccc4c(c3)c(/C=C/B3OC(C)(C)C(C)(C)O3)nn4PI)cnn2C)c1C. The average molecular weight is 761 g/mol. The number of rotatable bonds is 10. The summed E-state index contributed by atoms with van der Waals surface area (Å²) in [5, 5.41) is 14.7. The van der Waals surface area contributed by atoms with Crippen molar-refractivity contribution < 1.29 is 18.8 Å². The van der Waals surface area contributed by atoms with Crippen LogP contribution in [0.25, 0.3) is 28.1 Å². The number of benzene rings is 1. The fourth-order valence-electron chi connectivity index (χ4n) is 5.24. The molecule has 248 valence electrons. The molecule has 1 aromatic carbocycles. The smallest absolute Gasteiger partial charge is 0.477 e. The van der Waals surface area contributed by atoms with E-state index in [1.165, 1.54) is 0 Å². The van der Waals surface area contributed by atoms with Gasteiger partial charge in [0.05, 0.1) is 52.8 Å². The van der Waals surface area contributed by atoms with E-state index in [1.54, 1.807) is 21.3 Å². The number of ether oxygens (including phenoxy) is 1. The lowest BCUT2D eigenvalue weighted by Crippen LogP contribution is -2.41. The first kappa shape index (κ1) is 36.1. The van der Waals surface area contributed by atoms with Crippen LogP contribution in [0.2, 0.25) is 0 Å². The third-order valence-corrected chi connectivity index (χ3v) is 10.5. The highest BCUT2D eigenvalue weighted by Gasteiger charge is 2.50. The summed E-state index contributed by atoms with van der Waals surface area (Å²) >= 11 is 2.35. The van der Waals surface area contributed by atoms with E-state index in [0.29, 0.717) is 37.5 Å². The first-order chi connectivity index (χ1) is 21.7. The van der Waals surface area contributed by atoms with Gasteiger partial charge in [0.15, 0.2) is 0 Å². The van der Waals surface area contributed by atoms with Crippen molar-refractivity contribution >= 4 is 58.4 Å². The maximum atomic E-state index is 13.0. The molecule has 1 saturated heterocycles. The standard InChI is InChI=1S/C30H40BIN7O4P.C2H6/c1-19-20(2)34-37(8)26(19)27(40)36(7)15-10-16-41-28-23(18-33-38(28)9)21-11-12-25-22(17-21)24(35-39(25)44-32)13-14-31-42-29(3,4)30(5,6)43-31;1-2/h11-14,17-18,44H,10,15-16H2,1-9H3;1-2H3/b14-13+;. The first-order valence-corrected chi connectivity index (χ1v) is 19.6. The molecule has 11 nitrogen and oxygen atoms in total. The molecule has 3 aromatic heterocycles. The molecule has 0 saturated carbocycles. The van der Waals surface area contributed by atoms with E-state index >= 15 is 0 Å². The number of hydrogen-bond acceptors (Lipinski definition) is 7. The Morgan fingerprint density at radius 1 is 1.11 bits per heavy atom. The predicted octanol–water partition coefficient (Wildman–Crippen LogP) is 6.79. The Morgan fingerprint density at radius 3 is 2.39 bits per heavy atom. The van der Waals surface area contributed by atoms with Crippen LogP contribution >= 0.6 is 28.4 Å². The van der Waals surface area contributed by atoms with Crippen LogP contribution in [0.1, 0.15) is 75.4 Å². The largest absolute Gasteiger partial charge is 0.487 e. The normalized spacial score (nSPS) is 15.7. The molecule has 1 atom stereocenters. The van der Waals surface area contributed by atoms with Gasteiger partial charge in [-0.05, 0) is 93.8 Å². The molecule has 5 rings (SSSR count). The molecule has 46 heavy (non-hydrogen) atoms.